The molecule has 0 radical (unpaired) electrons. The van der Waals surface area contributed by atoms with Crippen molar-refractivity contribution < 1.29 is 18.4 Å². The molecule has 0 bridgehead atoms. The van der Waals surface area contributed by atoms with Crippen LogP contribution in [0.4, 0.5) is 0 Å². The van der Waals surface area contributed by atoms with Gasteiger partial charge >= 0.3 is 11.9 Å². The maximum Gasteiger partial charge on any atom is 0.319 e. The Morgan fingerprint density at radius 1 is 0.588 bits per heavy atom. The van der Waals surface area contributed by atoms with E-state index in [4.69, 9.17) is 8.85 Å². The standard InChI is InChI=1S/C16H32O2Si.C12H24O2Si/c1-6-9-12-19(13-10-7-2,14-11-8-3)18-16(17)15(4)5;1-6-7-8-9-10-15(4,5)14-12(13)11(2)3/h4,6-14H2,1-3,5H3;2,6-10H2,1,3-5H3. The summed E-state index contributed by atoms with van der Waals surface area (Å²) in [5, 5.41) is 0. The van der Waals surface area contributed by atoms with Crippen LogP contribution in [0, 0.1) is 0 Å². The van der Waals surface area contributed by atoms with Crippen molar-refractivity contribution in [1.82, 2.24) is 0 Å². The van der Waals surface area contributed by atoms with Gasteiger partial charge in [0.1, 0.15) is 0 Å². The van der Waals surface area contributed by atoms with E-state index in [0.29, 0.717) is 11.1 Å². The van der Waals surface area contributed by atoms with Crippen molar-refractivity contribution in [2.75, 3.05) is 0 Å². The molecule has 0 aromatic heterocycles. The average molecular weight is 513 g/mol. The molecule has 0 atom stereocenters. The predicted octanol–water partition coefficient (Wildman–Crippen LogP) is 9.34. The van der Waals surface area contributed by atoms with Gasteiger partial charge in [-0.15, -0.1) is 0 Å². The first-order valence-electron chi connectivity index (χ1n) is 13.7. The Morgan fingerprint density at radius 2 is 0.971 bits per heavy atom. The van der Waals surface area contributed by atoms with Gasteiger partial charge < -0.3 is 8.85 Å². The van der Waals surface area contributed by atoms with Crippen LogP contribution < -0.4 is 0 Å². The topological polar surface area (TPSA) is 52.6 Å². The number of carbonyl (C=O) groups excluding carboxylic acids is 2. The highest BCUT2D eigenvalue weighted by Crippen LogP contribution is 2.30. The second-order valence-corrected chi connectivity index (χ2v) is 18.7. The zero-order valence-electron chi connectivity index (χ0n) is 23.9. The van der Waals surface area contributed by atoms with Crippen molar-refractivity contribution >= 4 is 28.6 Å². The molecular formula is C28H56O4Si2. The van der Waals surface area contributed by atoms with Crippen LogP contribution in [0.2, 0.25) is 37.3 Å². The van der Waals surface area contributed by atoms with Gasteiger partial charge in [-0.1, -0.05) is 105 Å². The lowest BCUT2D eigenvalue weighted by Gasteiger charge is -2.31. The largest absolute Gasteiger partial charge is 0.516 e. The van der Waals surface area contributed by atoms with Crippen LogP contribution in [-0.4, -0.2) is 28.6 Å². The van der Waals surface area contributed by atoms with Gasteiger partial charge in [0, 0.05) is 11.1 Å². The van der Waals surface area contributed by atoms with Crippen LogP contribution in [0.5, 0.6) is 0 Å². The van der Waals surface area contributed by atoms with Gasteiger partial charge in [-0.3, -0.25) is 0 Å². The maximum absolute atomic E-state index is 12.0. The van der Waals surface area contributed by atoms with Gasteiger partial charge in [-0.25, -0.2) is 9.59 Å². The normalized spacial score (nSPS) is 11.3. The van der Waals surface area contributed by atoms with E-state index in [9.17, 15) is 9.59 Å². The van der Waals surface area contributed by atoms with Gasteiger partial charge in [0.05, 0.1) is 0 Å². The number of unbranched alkanes of at least 4 members (excludes halogenated alkanes) is 6. The summed E-state index contributed by atoms with van der Waals surface area (Å²) in [5.41, 5.74) is 1.05. The molecule has 6 heteroatoms. The Balaban J connectivity index is 0. The second kappa shape index (κ2) is 20.1. The first-order valence-corrected chi connectivity index (χ1v) is 19.3. The van der Waals surface area contributed by atoms with E-state index in [1.54, 1.807) is 13.8 Å². The number of hydrogen-bond donors (Lipinski definition) is 0. The van der Waals surface area contributed by atoms with Crippen molar-refractivity contribution in [2.45, 2.75) is 143 Å². The summed E-state index contributed by atoms with van der Waals surface area (Å²) in [7, 11) is -3.68. The number of carbonyl (C=O) groups is 2. The van der Waals surface area contributed by atoms with Crippen molar-refractivity contribution in [3.05, 3.63) is 24.3 Å². The Kier molecular flexibility index (Phi) is 20.7. The van der Waals surface area contributed by atoms with Crippen molar-refractivity contribution in [2.24, 2.45) is 0 Å². The smallest absolute Gasteiger partial charge is 0.319 e. The fraction of sp³-hybridized carbons (Fsp3) is 0.786. The molecule has 0 amide bonds. The van der Waals surface area contributed by atoms with Gasteiger partial charge in [-0.05, 0) is 51.1 Å². The molecule has 0 heterocycles. The molecule has 0 aromatic rings. The molecule has 0 N–H and O–H groups in total. The van der Waals surface area contributed by atoms with Gasteiger partial charge in [0.15, 0.2) is 0 Å². The van der Waals surface area contributed by atoms with Crippen LogP contribution in [-0.2, 0) is 18.4 Å². The van der Waals surface area contributed by atoms with Gasteiger partial charge in [0.2, 0.25) is 8.32 Å². The summed E-state index contributed by atoms with van der Waals surface area (Å²) < 4.78 is 11.5. The molecule has 4 nitrogen and oxygen atoms in total. The van der Waals surface area contributed by atoms with Crippen molar-refractivity contribution in [1.29, 1.82) is 0 Å². The molecule has 0 aromatic carbocycles. The molecule has 0 saturated heterocycles. The van der Waals surface area contributed by atoms with E-state index >= 15 is 0 Å². The highest BCUT2D eigenvalue weighted by atomic mass is 28.4. The van der Waals surface area contributed by atoms with Crippen molar-refractivity contribution in [3.63, 3.8) is 0 Å². The van der Waals surface area contributed by atoms with Crippen LogP contribution in [0.25, 0.3) is 0 Å². The number of hydrogen-bond acceptors (Lipinski definition) is 4. The summed E-state index contributed by atoms with van der Waals surface area (Å²) in [4.78, 5) is 23.3. The van der Waals surface area contributed by atoms with Crippen LogP contribution in [0.1, 0.15) is 106 Å². The van der Waals surface area contributed by atoms with Gasteiger partial charge in [0.25, 0.3) is 8.32 Å². The van der Waals surface area contributed by atoms with E-state index in [0.717, 1.165) is 24.2 Å². The Morgan fingerprint density at radius 3 is 1.32 bits per heavy atom. The van der Waals surface area contributed by atoms with Crippen LogP contribution >= 0.6 is 0 Å². The average Bonchev–Trinajstić information content (AvgIpc) is 2.77. The quantitative estimate of drug-likeness (QED) is 0.104. The van der Waals surface area contributed by atoms with Gasteiger partial charge in [-0.2, -0.15) is 0 Å². The van der Waals surface area contributed by atoms with Crippen molar-refractivity contribution in [3.8, 4) is 0 Å². The molecule has 0 fully saturated rings. The third-order valence-electron chi connectivity index (χ3n) is 5.97. The molecule has 0 spiro atoms. The second-order valence-electron chi connectivity index (χ2n) is 10.4. The van der Waals surface area contributed by atoms with E-state index in [1.165, 1.54) is 64.2 Å². The van der Waals surface area contributed by atoms with E-state index in [-0.39, 0.29) is 11.9 Å². The molecule has 200 valence electrons. The van der Waals surface area contributed by atoms with E-state index in [1.807, 2.05) is 0 Å². The molecule has 0 saturated carbocycles. The Bertz CT molecular complexity index is 577. The first-order chi connectivity index (χ1) is 15.9. The minimum atomic E-state index is -1.89. The molecule has 0 aliphatic rings. The molecule has 0 rings (SSSR count). The number of rotatable bonds is 18. The first kappa shape index (κ1) is 35.0. The summed E-state index contributed by atoms with van der Waals surface area (Å²) >= 11 is 0. The van der Waals surface area contributed by atoms with E-state index in [2.05, 4.69) is 53.9 Å². The highest BCUT2D eigenvalue weighted by Gasteiger charge is 2.36. The SMILES string of the molecule is C=C(C)C(=O)O[Si](C)(C)CCCCCC.C=C(C)C(=O)O[Si](CCCC)(CCCC)CCCC. The van der Waals surface area contributed by atoms with Crippen LogP contribution in [0.15, 0.2) is 24.3 Å². The summed E-state index contributed by atoms with van der Waals surface area (Å²) in [5.74, 6) is -0.378. The monoisotopic (exact) mass is 512 g/mol. The zero-order chi connectivity index (χ0) is 26.6. The minimum Gasteiger partial charge on any atom is -0.516 e. The van der Waals surface area contributed by atoms with Crippen LogP contribution in [0.3, 0.4) is 0 Å². The zero-order valence-corrected chi connectivity index (χ0v) is 25.9. The predicted molar refractivity (Wildman–Crippen MR) is 153 cm³/mol. The third-order valence-corrected chi connectivity index (χ3v) is 12.7. The highest BCUT2D eigenvalue weighted by molar-refractivity contribution is 6.75. The fourth-order valence-corrected chi connectivity index (χ4v) is 10.2. The molecular weight excluding hydrogens is 456 g/mol. The van der Waals surface area contributed by atoms with E-state index < -0.39 is 16.6 Å². The molecule has 34 heavy (non-hydrogen) atoms. The lowest BCUT2D eigenvalue weighted by atomic mass is 10.2. The molecule has 0 unspecified atom stereocenters. The third kappa shape index (κ3) is 18.2. The molecule has 0 aliphatic carbocycles. The Hall–Kier alpha value is -1.15. The lowest BCUT2D eigenvalue weighted by molar-refractivity contribution is -0.131. The minimum absolute atomic E-state index is 0.157. The summed E-state index contributed by atoms with van der Waals surface area (Å²) in [6.45, 7) is 23.8. The maximum atomic E-state index is 12.0. The summed E-state index contributed by atoms with van der Waals surface area (Å²) in [6.07, 6.45) is 12.0. The lowest BCUT2D eigenvalue weighted by Crippen LogP contribution is -2.40. The fourth-order valence-electron chi connectivity index (χ4n) is 3.68. The molecule has 0 aliphatic heterocycles. The summed E-state index contributed by atoms with van der Waals surface area (Å²) in [6, 6.07) is 4.44. The Labute approximate surface area is 214 Å².